The van der Waals surface area contributed by atoms with Gasteiger partial charge in [0.1, 0.15) is 5.69 Å². The highest BCUT2D eigenvalue weighted by Crippen LogP contribution is 2.15. The van der Waals surface area contributed by atoms with E-state index in [1.165, 1.54) is 12.0 Å². The van der Waals surface area contributed by atoms with E-state index in [4.69, 9.17) is 0 Å². The third-order valence-corrected chi connectivity index (χ3v) is 3.64. The monoisotopic (exact) mass is 300 g/mol. The number of aromatic nitrogens is 3. The molecule has 0 radical (unpaired) electrons. The molecule has 5 nitrogen and oxygen atoms in total. The second-order valence-corrected chi connectivity index (χ2v) is 5.92. The number of hydrogen-bond acceptors (Lipinski definition) is 3. The fourth-order valence-corrected chi connectivity index (χ4v) is 2.30. The fraction of sp³-hybridized carbons (Fsp3) is 0.471. The first-order valence-corrected chi connectivity index (χ1v) is 7.81. The van der Waals surface area contributed by atoms with Crippen molar-refractivity contribution in [3.05, 3.63) is 41.2 Å². The summed E-state index contributed by atoms with van der Waals surface area (Å²) in [6.07, 6.45) is 2.24. The summed E-state index contributed by atoms with van der Waals surface area (Å²) in [5.41, 5.74) is 3.25. The SMILES string of the molecule is CCn1nnc(C)c1C(=O)Nc1ccc(CCC(C)C)cc1. The molecule has 0 saturated carbocycles. The number of carbonyl (C=O) groups excluding carboxylic acids is 1. The lowest BCUT2D eigenvalue weighted by molar-refractivity contribution is 0.101. The number of benzene rings is 1. The maximum atomic E-state index is 12.4. The average molecular weight is 300 g/mol. The van der Waals surface area contributed by atoms with Gasteiger partial charge in [-0.15, -0.1) is 5.10 Å². The van der Waals surface area contributed by atoms with Crippen LogP contribution >= 0.6 is 0 Å². The number of anilines is 1. The van der Waals surface area contributed by atoms with Crippen LogP contribution in [0.4, 0.5) is 5.69 Å². The zero-order chi connectivity index (χ0) is 16.1. The minimum absolute atomic E-state index is 0.167. The summed E-state index contributed by atoms with van der Waals surface area (Å²) in [5, 5.41) is 10.8. The van der Waals surface area contributed by atoms with Gasteiger partial charge in [0.25, 0.3) is 5.91 Å². The normalized spacial score (nSPS) is 11.0. The second-order valence-electron chi connectivity index (χ2n) is 5.92. The highest BCUT2D eigenvalue weighted by atomic mass is 16.2. The van der Waals surface area contributed by atoms with Crippen LogP contribution in [-0.4, -0.2) is 20.9 Å². The van der Waals surface area contributed by atoms with Gasteiger partial charge in [-0.1, -0.05) is 31.2 Å². The largest absolute Gasteiger partial charge is 0.321 e. The van der Waals surface area contributed by atoms with Crippen LogP contribution in [0.15, 0.2) is 24.3 Å². The number of nitrogens with one attached hydrogen (secondary N) is 1. The molecule has 0 aliphatic carbocycles. The molecule has 1 aromatic carbocycles. The van der Waals surface area contributed by atoms with Crippen molar-refractivity contribution < 1.29 is 4.79 Å². The van der Waals surface area contributed by atoms with Gasteiger partial charge < -0.3 is 5.32 Å². The van der Waals surface area contributed by atoms with E-state index in [-0.39, 0.29) is 5.91 Å². The summed E-state index contributed by atoms with van der Waals surface area (Å²) in [7, 11) is 0. The predicted octanol–water partition coefficient (Wildman–Crippen LogP) is 3.45. The van der Waals surface area contributed by atoms with Gasteiger partial charge >= 0.3 is 0 Å². The van der Waals surface area contributed by atoms with E-state index < -0.39 is 0 Å². The van der Waals surface area contributed by atoms with Gasteiger partial charge in [0, 0.05) is 12.2 Å². The summed E-state index contributed by atoms with van der Waals surface area (Å²) in [4.78, 5) is 12.4. The van der Waals surface area contributed by atoms with Gasteiger partial charge in [-0.05, 0) is 50.3 Å². The summed E-state index contributed by atoms with van der Waals surface area (Å²) in [6.45, 7) is 8.80. The van der Waals surface area contributed by atoms with Gasteiger partial charge in [-0.25, -0.2) is 4.68 Å². The smallest absolute Gasteiger partial charge is 0.275 e. The molecule has 118 valence electrons. The topological polar surface area (TPSA) is 59.8 Å². The lowest BCUT2D eigenvalue weighted by Crippen LogP contribution is -2.18. The van der Waals surface area contributed by atoms with E-state index in [1.807, 2.05) is 19.1 Å². The van der Waals surface area contributed by atoms with Gasteiger partial charge in [-0.2, -0.15) is 0 Å². The Hall–Kier alpha value is -2.17. The molecule has 22 heavy (non-hydrogen) atoms. The lowest BCUT2D eigenvalue weighted by Gasteiger charge is -2.08. The van der Waals surface area contributed by atoms with Crippen LogP contribution in [0.25, 0.3) is 0 Å². The molecule has 1 N–H and O–H groups in total. The van der Waals surface area contributed by atoms with Crippen molar-refractivity contribution in [1.82, 2.24) is 15.0 Å². The van der Waals surface area contributed by atoms with Crippen LogP contribution in [0.2, 0.25) is 0 Å². The number of amides is 1. The summed E-state index contributed by atoms with van der Waals surface area (Å²) in [5.74, 6) is 0.531. The maximum Gasteiger partial charge on any atom is 0.275 e. The molecule has 1 heterocycles. The van der Waals surface area contributed by atoms with Gasteiger partial charge in [-0.3, -0.25) is 4.79 Å². The molecule has 0 fully saturated rings. The third-order valence-electron chi connectivity index (χ3n) is 3.64. The van der Waals surface area contributed by atoms with E-state index >= 15 is 0 Å². The van der Waals surface area contributed by atoms with Crippen LogP contribution < -0.4 is 5.32 Å². The Kier molecular flexibility index (Phi) is 5.31. The van der Waals surface area contributed by atoms with Gasteiger partial charge in [0.2, 0.25) is 0 Å². The summed E-state index contributed by atoms with van der Waals surface area (Å²) in [6, 6.07) is 8.03. The summed E-state index contributed by atoms with van der Waals surface area (Å²) < 4.78 is 1.61. The van der Waals surface area contributed by atoms with Crippen LogP contribution in [-0.2, 0) is 13.0 Å². The van der Waals surface area contributed by atoms with E-state index in [2.05, 4.69) is 41.6 Å². The molecule has 0 saturated heterocycles. The second kappa shape index (κ2) is 7.20. The van der Waals surface area contributed by atoms with Crippen molar-refractivity contribution in [1.29, 1.82) is 0 Å². The number of carbonyl (C=O) groups is 1. The summed E-state index contributed by atoms with van der Waals surface area (Å²) >= 11 is 0. The van der Waals surface area contributed by atoms with Gasteiger partial charge in [0.05, 0.1) is 5.69 Å². The van der Waals surface area contributed by atoms with Gasteiger partial charge in [0.15, 0.2) is 0 Å². The van der Waals surface area contributed by atoms with Crippen molar-refractivity contribution in [3.63, 3.8) is 0 Å². The molecule has 0 unspecified atom stereocenters. The van der Waals surface area contributed by atoms with Crippen molar-refractivity contribution in [2.24, 2.45) is 5.92 Å². The molecule has 0 atom stereocenters. The number of rotatable bonds is 6. The van der Waals surface area contributed by atoms with Crippen LogP contribution in [0.1, 0.15) is 48.9 Å². The molecule has 0 aliphatic rings. The molecule has 1 amide bonds. The van der Waals surface area contributed by atoms with E-state index in [0.717, 1.165) is 12.1 Å². The highest BCUT2D eigenvalue weighted by molar-refractivity contribution is 6.03. The Labute approximate surface area is 131 Å². The maximum absolute atomic E-state index is 12.4. The first-order chi connectivity index (χ1) is 10.5. The minimum atomic E-state index is -0.167. The Balaban J connectivity index is 2.04. The zero-order valence-electron chi connectivity index (χ0n) is 13.8. The quantitative estimate of drug-likeness (QED) is 0.889. The molecule has 0 spiro atoms. The van der Waals surface area contributed by atoms with Crippen LogP contribution in [0.5, 0.6) is 0 Å². The minimum Gasteiger partial charge on any atom is -0.321 e. The third kappa shape index (κ3) is 3.93. The molecule has 5 heteroatoms. The molecule has 2 aromatic rings. The first kappa shape index (κ1) is 16.2. The van der Waals surface area contributed by atoms with Crippen molar-refractivity contribution in [2.45, 2.75) is 47.1 Å². The Morgan fingerprint density at radius 1 is 1.27 bits per heavy atom. The van der Waals surface area contributed by atoms with Crippen molar-refractivity contribution in [3.8, 4) is 0 Å². The lowest BCUT2D eigenvalue weighted by atomic mass is 10.0. The molecular formula is C17H24N4O. The Bertz CT molecular complexity index is 629. The standard InChI is InChI=1S/C17H24N4O/c1-5-21-16(13(4)19-20-21)17(22)18-15-10-8-14(9-11-15)7-6-12(2)3/h8-12H,5-7H2,1-4H3,(H,18,22). The molecular weight excluding hydrogens is 276 g/mol. The molecule has 0 aliphatic heterocycles. The van der Waals surface area contributed by atoms with E-state index in [9.17, 15) is 4.79 Å². The number of aryl methyl sites for hydroxylation is 3. The van der Waals surface area contributed by atoms with Crippen molar-refractivity contribution in [2.75, 3.05) is 5.32 Å². The first-order valence-electron chi connectivity index (χ1n) is 7.81. The van der Waals surface area contributed by atoms with E-state index in [0.29, 0.717) is 23.9 Å². The number of hydrogen-bond donors (Lipinski definition) is 1. The number of nitrogens with zero attached hydrogens (tertiary/aromatic N) is 3. The van der Waals surface area contributed by atoms with Crippen molar-refractivity contribution >= 4 is 11.6 Å². The highest BCUT2D eigenvalue weighted by Gasteiger charge is 2.16. The molecule has 0 bridgehead atoms. The van der Waals surface area contributed by atoms with E-state index in [1.54, 1.807) is 11.6 Å². The Morgan fingerprint density at radius 2 is 1.95 bits per heavy atom. The Morgan fingerprint density at radius 3 is 2.55 bits per heavy atom. The predicted molar refractivity (Wildman–Crippen MR) is 88.0 cm³/mol. The molecule has 2 rings (SSSR count). The zero-order valence-corrected chi connectivity index (χ0v) is 13.8. The van der Waals surface area contributed by atoms with Crippen LogP contribution in [0, 0.1) is 12.8 Å². The fourth-order valence-electron chi connectivity index (χ4n) is 2.30. The molecule has 1 aromatic heterocycles. The average Bonchev–Trinajstić information content (AvgIpc) is 2.87. The van der Waals surface area contributed by atoms with Crippen LogP contribution in [0.3, 0.4) is 0 Å².